The molecule has 0 aromatic rings. The second kappa shape index (κ2) is 7.32. The first kappa shape index (κ1) is 23.6. The van der Waals surface area contributed by atoms with E-state index >= 15 is 0 Å². The van der Waals surface area contributed by atoms with Crippen LogP contribution in [0.2, 0.25) is 0 Å². The Balaban J connectivity index is -0.000000653. The van der Waals surface area contributed by atoms with Crippen molar-refractivity contribution in [3.63, 3.8) is 0 Å². The summed E-state index contributed by atoms with van der Waals surface area (Å²) in [5.41, 5.74) is 0.666. The van der Waals surface area contributed by atoms with Gasteiger partial charge in [0.2, 0.25) is 0 Å². The van der Waals surface area contributed by atoms with Crippen LogP contribution in [0.3, 0.4) is 0 Å². The molecule has 1 aliphatic rings. The summed E-state index contributed by atoms with van der Waals surface area (Å²) >= 11 is 2.36. The van der Waals surface area contributed by atoms with E-state index in [0.717, 1.165) is 0 Å². The maximum Gasteiger partial charge on any atom is -0.147 e. The minimum absolute atomic E-state index is 0. The third kappa shape index (κ3) is 5.56. The molecule has 0 amide bonds. The Hall–Kier alpha value is 1.49. The van der Waals surface area contributed by atoms with Gasteiger partial charge in [0.25, 0.3) is 0 Å². The van der Waals surface area contributed by atoms with Crippen molar-refractivity contribution in [1.29, 1.82) is 0 Å². The van der Waals surface area contributed by atoms with E-state index in [9.17, 15) is 0 Å². The van der Waals surface area contributed by atoms with E-state index in [-0.39, 0.29) is 37.2 Å². The average molecular weight is 353 g/mol. The van der Waals surface area contributed by atoms with E-state index in [0.29, 0.717) is 14.3 Å². The van der Waals surface area contributed by atoms with E-state index in [2.05, 4.69) is 74.1 Å². The minimum atomic E-state index is 0. The summed E-state index contributed by atoms with van der Waals surface area (Å²) in [6.07, 6.45) is 4.74. The summed E-state index contributed by atoms with van der Waals surface area (Å²) in [4.78, 5) is 0. The quantitative estimate of drug-likeness (QED) is 0.411. The first-order valence-corrected chi connectivity index (χ1v) is 6.78. The molecule has 1 atom stereocenters. The van der Waals surface area contributed by atoms with Crippen molar-refractivity contribution in [3.8, 4) is 0 Å². The summed E-state index contributed by atoms with van der Waals surface area (Å²) in [7, 11) is 1.49. The molecule has 0 nitrogen and oxygen atoms in total. The molecule has 0 spiro atoms. The predicted octanol–water partition coefficient (Wildman–Crippen LogP) is 5.28. The largest absolute Gasteiger partial charge is 0.147 e. The number of hydrogen-bond donors (Lipinski definition) is 0. The van der Waals surface area contributed by atoms with E-state index in [1.807, 2.05) is 0 Å². The Kier molecular flexibility index (Phi) is 10.2. The van der Waals surface area contributed by atoms with Crippen LogP contribution in [0.5, 0.6) is 0 Å². The fourth-order valence-electron chi connectivity index (χ4n) is 1.30. The summed E-state index contributed by atoms with van der Waals surface area (Å²) in [5.74, 6) is 0. The third-order valence-electron chi connectivity index (χ3n) is 2.69. The van der Waals surface area contributed by atoms with Crippen LogP contribution in [0.4, 0.5) is 0 Å². The average Bonchev–Trinajstić information content (AvgIpc) is 2.29. The number of hydrogen-bond acceptors (Lipinski definition) is 0. The number of rotatable bonds is 0. The van der Waals surface area contributed by atoms with Crippen molar-refractivity contribution >= 4 is 50.7 Å². The van der Waals surface area contributed by atoms with Gasteiger partial charge in [0, 0.05) is 0 Å². The van der Waals surface area contributed by atoms with Crippen LogP contribution < -0.4 is 0 Å². The minimum Gasteiger partial charge on any atom is -0.147 e. The van der Waals surface area contributed by atoms with Gasteiger partial charge in [0.05, 0.1) is 0 Å². The van der Waals surface area contributed by atoms with Gasteiger partial charge in [0.1, 0.15) is 0 Å². The molecular weight excluding hydrogens is 329 g/mol. The molecule has 1 rings (SSSR count). The molecule has 0 bridgehead atoms. The Morgan fingerprint density at radius 3 is 1.59 bits per heavy atom. The van der Waals surface area contributed by atoms with Crippen LogP contribution in [-0.4, -0.2) is 8.75 Å². The van der Waals surface area contributed by atoms with Gasteiger partial charge in [-0.2, -0.15) is 0 Å². The summed E-state index contributed by atoms with van der Waals surface area (Å²) in [6, 6.07) is 0. The van der Waals surface area contributed by atoms with Crippen LogP contribution >= 0.6 is 45.4 Å². The van der Waals surface area contributed by atoms with Crippen LogP contribution in [0.25, 0.3) is 0 Å². The van der Waals surface area contributed by atoms with Gasteiger partial charge in [-0.05, 0) is 0 Å². The normalized spacial score (nSPS) is 23.9. The van der Waals surface area contributed by atoms with Gasteiger partial charge in [-0.3, -0.25) is 0 Å². The molecule has 0 aliphatic carbocycles. The molecule has 1 unspecified atom stereocenters. The van der Waals surface area contributed by atoms with E-state index in [1.165, 1.54) is 8.20 Å². The van der Waals surface area contributed by atoms with Gasteiger partial charge in [-0.25, -0.2) is 0 Å². The van der Waals surface area contributed by atoms with Crippen molar-refractivity contribution in [1.82, 2.24) is 0 Å². The zero-order chi connectivity index (χ0) is 11.2. The molecule has 1 aliphatic heterocycles. The standard InChI is InChI=1S/C12H20P.3ClH.Ti/c1-11(2,3)9-7-8-10(13-9)12(4,5)6;;;;/h7-8H,1-6H3;3*1H;. The molecule has 17 heavy (non-hydrogen) atoms. The number of allylic oxidation sites excluding steroid dienone is 2. The SMILES string of the molecule is CC(C)(C)C1=P[C]([Ti])(C(C)(C)C)C=C1.Cl.Cl.Cl. The maximum atomic E-state index is 2.40. The Labute approximate surface area is 138 Å². The first-order chi connectivity index (χ1) is 6.06. The van der Waals surface area contributed by atoms with Crippen molar-refractivity contribution < 1.29 is 20.4 Å². The molecule has 101 valence electrons. The fraction of sp³-hybridized carbons (Fsp3) is 0.750. The van der Waals surface area contributed by atoms with Gasteiger partial charge >= 0.3 is 102 Å². The third-order valence-corrected chi connectivity index (χ3v) is 6.88. The molecular formula is C12H23Cl3PTi. The van der Waals surface area contributed by atoms with Crippen LogP contribution in [0.15, 0.2) is 12.2 Å². The van der Waals surface area contributed by atoms with Crippen LogP contribution in [0, 0.1) is 10.8 Å². The van der Waals surface area contributed by atoms with E-state index in [1.54, 1.807) is 5.29 Å². The second-order valence-corrected chi connectivity index (χ2v) is 9.40. The molecule has 0 saturated heterocycles. The maximum absolute atomic E-state index is 2.40. The fourth-order valence-corrected chi connectivity index (χ4v) is 3.34. The molecule has 0 radical (unpaired) electrons. The van der Waals surface area contributed by atoms with Crippen molar-refractivity contribution in [2.24, 2.45) is 10.8 Å². The van der Waals surface area contributed by atoms with Gasteiger partial charge < -0.3 is 0 Å². The van der Waals surface area contributed by atoms with E-state index in [4.69, 9.17) is 0 Å². The molecule has 0 N–H and O–H groups in total. The predicted molar refractivity (Wildman–Crippen MR) is 84.5 cm³/mol. The summed E-state index contributed by atoms with van der Waals surface area (Å²) in [5, 5.41) is 1.56. The molecule has 0 aromatic heterocycles. The zero-order valence-corrected chi connectivity index (χ0v) is 16.2. The molecule has 0 aromatic carbocycles. The number of halogens is 3. The van der Waals surface area contributed by atoms with Gasteiger partial charge in [-0.15, -0.1) is 37.2 Å². The van der Waals surface area contributed by atoms with Crippen molar-refractivity contribution in [2.75, 3.05) is 0 Å². The van der Waals surface area contributed by atoms with Crippen molar-refractivity contribution in [3.05, 3.63) is 12.2 Å². The first-order valence-electron chi connectivity index (χ1n) is 5.11. The molecule has 5 heteroatoms. The topological polar surface area (TPSA) is 0 Å². The Morgan fingerprint density at radius 2 is 1.41 bits per heavy atom. The zero-order valence-electron chi connectivity index (χ0n) is 11.3. The Bertz CT molecular complexity index is 300. The summed E-state index contributed by atoms with van der Waals surface area (Å²) < 4.78 is 0.315. The Morgan fingerprint density at radius 1 is 1.00 bits per heavy atom. The van der Waals surface area contributed by atoms with Crippen LogP contribution in [-0.2, 0) is 20.4 Å². The molecule has 0 fully saturated rings. The monoisotopic (exact) mass is 351 g/mol. The van der Waals surface area contributed by atoms with Crippen molar-refractivity contribution in [2.45, 2.75) is 45.0 Å². The molecule has 0 saturated carbocycles. The molecule has 1 heterocycles. The second-order valence-electron chi connectivity index (χ2n) is 6.10. The summed E-state index contributed by atoms with van der Waals surface area (Å²) in [6.45, 7) is 13.9. The van der Waals surface area contributed by atoms with Gasteiger partial charge in [-0.1, -0.05) is 0 Å². The van der Waals surface area contributed by atoms with Crippen LogP contribution in [0.1, 0.15) is 41.5 Å². The smallest absolute Gasteiger partial charge is 0.147 e. The van der Waals surface area contributed by atoms with E-state index < -0.39 is 0 Å². The van der Waals surface area contributed by atoms with Gasteiger partial charge in [0.15, 0.2) is 0 Å².